The van der Waals surface area contributed by atoms with Gasteiger partial charge in [0.05, 0.1) is 18.8 Å². The number of nitrogens with zero attached hydrogens (tertiary/aromatic N) is 1. The lowest BCUT2D eigenvalue weighted by Crippen LogP contribution is -2.56. The lowest BCUT2D eigenvalue weighted by atomic mass is 9.87. The van der Waals surface area contributed by atoms with Crippen molar-refractivity contribution in [3.8, 4) is 0 Å². The molecule has 1 fully saturated rings. The quantitative estimate of drug-likeness (QED) is 0.829. The van der Waals surface area contributed by atoms with Crippen LogP contribution < -0.4 is 0 Å². The van der Waals surface area contributed by atoms with Crippen molar-refractivity contribution in [3.05, 3.63) is 35.6 Å². The maximum Gasteiger partial charge on any atom is 0.157 e. The fourth-order valence-electron chi connectivity index (χ4n) is 2.66. The Balaban J connectivity index is 2.14. The zero-order valence-corrected chi connectivity index (χ0v) is 12.2. The van der Waals surface area contributed by atoms with Crippen LogP contribution in [0.25, 0.3) is 0 Å². The molecule has 0 amide bonds. The van der Waals surface area contributed by atoms with Gasteiger partial charge in [-0.2, -0.15) is 0 Å². The average Bonchev–Trinajstić information content (AvgIpc) is 2.49. The maximum absolute atomic E-state index is 13.7. The number of hydrogen-bond acceptors (Lipinski definition) is 3. The van der Waals surface area contributed by atoms with Crippen LogP contribution in [0.5, 0.6) is 0 Å². The molecule has 0 saturated carbocycles. The summed E-state index contributed by atoms with van der Waals surface area (Å²) in [6.45, 7) is 6.79. The van der Waals surface area contributed by atoms with Gasteiger partial charge in [0.15, 0.2) is 5.78 Å². The Morgan fingerprint density at radius 2 is 2.00 bits per heavy atom. The summed E-state index contributed by atoms with van der Waals surface area (Å²) in [6.07, 6.45) is 0.870. The number of hydrogen-bond donors (Lipinski definition) is 0. The van der Waals surface area contributed by atoms with E-state index < -0.39 is 5.54 Å². The molecule has 1 aromatic rings. The lowest BCUT2D eigenvalue weighted by molar-refractivity contribution is -0.133. The summed E-state index contributed by atoms with van der Waals surface area (Å²) in [4.78, 5) is 14.8. The molecule has 1 atom stereocenters. The van der Waals surface area contributed by atoms with Crippen LogP contribution in [0.15, 0.2) is 24.3 Å². The number of morpholine rings is 1. The summed E-state index contributed by atoms with van der Waals surface area (Å²) in [7, 11) is 0. The number of halogens is 1. The number of Topliss-reactive ketones (excluding diaryl/α,β-unsaturated/α-hetero) is 1. The first kappa shape index (κ1) is 15.1. The highest BCUT2D eigenvalue weighted by atomic mass is 19.1. The van der Waals surface area contributed by atoms with Crippen LogP contribution in [0.3, 0.4) is 0 Å². The third kappa shape index (κ3) is 3.07. The first-order valence-electron chi connectivity index (χ1n) is 7.17. The summed E-state index contributed by atoms with van der Waals surface area (Å²) in [6, 6.07) is 6.50. The summed E-state index contributed by atoms with van der Waals surface area (Å²) in [5, 5.41) is 0. The van der Waals surface area contributed by atoms with Crippen LogP contribution in [0.4, 0.5) is 4.39 Å². The Kier molecular flexibility index (Phi) is 4.89. The minimum atomic E-state index is -0.536. The van der Waals surface area contributed by atoms with Crippen LogP contribution in [-0.4, -0.2) is 42.5 Å². The van der Waals surface area contributed by atoms with Gasteiger partial charge in [-0.25, -0.2) is 4.39 Å². The highest BCUT2D eigenvalue weighted by Gasteiger charge is 2.38. The standard InChI is InChI=1S/C16H22FNO2/c1-3-16(2,18-8-10-20-11-9-18)15(19)12-13-6-4-5-7-14(13)17/h4-7H,3,8-12H2,1-2H3. The third-order valence-electron chi connectivity index (χ3n) is 4.31. The van der Waals surface area contributed by atoms with E-state index in [0.29, 0.717) is 18.8 Å². The van der Waals surface area contributed by atoms with E-state index in [2.05, 4.69) is 4.90 Å². The molecule has 3 nitrogen and oxygen atoms in total. The monoisotopic (exact) mass is 279 g/mol. The van der Waals surface area contributed by atoms with Gasteiger partial charge >= 0.3 is 0 Å². The summed E-state index contributed by atoms with van der Waals surface area (Å²) < 4.78 is 19.0. The molecule has 20 heavy (non-hydrogen) atoms. The van der Waals surface area contributed by atoms with E-state index in [1.807, 2.05) is 13.8 Å². The Morgan fingerprint density at radius 1 is 1.35 bits per heavy atom. The average molecular weight is 279 g/mol. The minimum absolute atomic E-state index is 0.0759. The fourth-order valence-corrected chi connectivity index (χ4v) is 2.66. The van der Waals surface area contributed by atoms with E-state index >= 15 is 0 Å². The molecule has 1 saturated heterocycles. The van der Waals surface area contributed by atoms with Gasteiger partial charge in [0, 0.05) is 19.5 Å². The largest absolute Gasteiger partial charge is 0.379 e. The molecular weight excluding hydrogens is 257 g/mol. The summed E-state index contributed by atoms with van der Waals surface area (Å²) in [5.74, 6) is -0.228. The van der Waals surface area contributed by atoms with E-state index in [-0.39, 0.29) is 18.0 Å². The predicted molar refractivity (Wildman–Crippen MR) is 76.2 cm³/mol. The first-order chi connectivity index (χ1) is 9.58. The van der Waals surface area contributed by atoms with E-state index in [9.17, 15) is 9.18 Å². The lowest BCUT2D eigenvalue weighted by Gasteiger charge is -2.41. The van der Waals surface area contributed by atoms with Crippen LogP contribution in [0.1, 0.15) is 25.8 Å². The van der Waals surface area contributed by atoms with Crippen molar-refractivity contribution in [1.82, 2.24) is 4.90 Å². The van der Waals surface area contributed by atoms with Gasteiger partial charge < -0.3 is 4.74 Å². The molecule has 1 aliphatic rings. The number of carbonyl (C=O) groups is 1. The molecule has 1 aromatic carbocycles. The number of carbonyl (C=O) groups excluding carboxylic acids is 1. The Labute approximate surface area is 119 Å². The van der Waals surface area contributed by atoms with Crippen LogP contribution in [0.2, 0.25) is 0 Å². The highest BCUT2D eigenvalue weighted by molar-refractivity contribution is 5.89. The SMILES string of the molecule is CCC(C)(C(=O)Cc1ccccc1F)N1CCOCC1. The van der Waals surface area contributed by atoms with E-state index in [4.69, 9.17) is 4.74 Å². The smallest absolute Gasteiger partial charge is 0.157 e. The Bertz CT molecular complexity index is 471. The van der Waals surface area contributed by atoms with E-state index in [1.54, 1.807) is 18.2 Å². The second-order valence-electron chi connectivity index (χ2n) is 5.42. The van der Waals surface area contributed by atoms with Crippen molar-refractivity contribution in [3.63, 3.8) is 0 Å². The van der Waals surface area contributed by atoms with Crippen LogP contribution in [-0.2, 0) is 16.0 Å². The zero-order valence-electron chi connectivity index (χ0n) is 12.2. The molecule has 0 N–H and O–H groups in total. The zero-order chi connectivity index (χ0) is 14.6. The molecule has 0 aliphatic carbocycles. The normalized spacial score (nSPS) is 19.6. The van der Waals surface area contributed by atoms with Gasteiger partial charge in [0.25, 0.3) is 0 Å². The predicted octanol–water partition coefficient (Wildman–Crippen LogP) is 2.44. The van der Waals surface area contributed by atoms with Gasteiger partial charge in [-0.05, 0) is 25.0 Å². The second-order valence-corrected chi connectivity index (χ2v) is 5.42. The summed E-state index contributed by atoms with van der Waals surface area (Å²) in [5.41, 5.74) is -0.0584. The van der Waals surface area contributed by atoms with Crippen LogP contribution >= 0.6 is 0 Å². The van der Waals surface area contributed by atoms with E-state index in [0.717, 1.165) is 19.5 Å². The van der Waals surface area contributed by atoms with Gasteiger partial charge in [-0.3, -0.25) is 9.69 Å². The number of ether oxygens (including phenoxy) is 1. The molecule has 2 rings (SSSR count). The van der Waals surface area contributed by atoms with Crippen molar-refractivity contribution >= 4 is 5.78 Å². The van der Waals surface area contributed by atoms with Gasteiger partial charge in [0.2, 0.25) is 0 Å². The van der Waals surface area contributed by atoms with Crippen molar-refractivity contribution in [2.24, 2.45) is 0 Å². The fraction of sp³-hybridized carbons (Fsp3) is 0.562. The number of rotatable bonds is 5. The molecular formula is C16H22FNO2. The van der Waals surface area contributed by atoms with Crippen molar-refractivity contribution in [2.75, 3.05) is 26.3 Å². The number of benzene rings is 1. The second kappa shape index (κ2) is 6.46. The molecule has 0 radical (unpaired) electrons. The molecule has 1 heterocycles. The minimum Gasteiger partial charge on any atom is -0.379 e. The first-order valence-corrected chi connectivity index (χ1v) is 7.17. The molecule has 0 spiro atoms. The molecule has 110 valence electrons. The topological polar surface area (TPSA) is 29.5 Å². The molecule has 4 heteroatoms. The van der Waals surface area contributed by atoms with Crippen LogP contribution in [0, 0.1) is 5.82 Å². The Hall–Kier alpha value is -1.26. The molecule has 0 bridgehead atoms. The van der Waals surface area contributed by atoms with Gasteiger partial charge in [-0.1, -0.05) is 25.1 Å². The molecule has 1 aliphatic heterocycles. The van der Waals surface area contributed by atoms with Crippen molar-refractivity contribution < 1.29 is 13.9 Å². The molecule has 1 unspecified atom stereocenters. The highest BCUT2D eigenvalue weighted by Crippen LogP contribution is 2.24. The summed E-state index contributed by atoms with van der Waals surface area (Å²) >= 11 is 0. The van der Waals surface area contributed by atoms with Crippen molar-refractivity contribution in [1.29, 1.82) is 0 Å². The third-order valence-corrected chi connectivity index (χ3v) is 4.31. The van der Waals surface area contributed by atoms with Gasteiger partial charge in [-0.15, -0.1) is 0 Å². The Morgan fingerprint density at radius 3 is 2.60 bits per heavy atom. The van der Waals surface area contributed by atoms with Crippen molar-refractivity contribution in [2.45, 2.75) is 32.2 Å². The molecule has 0 aromatic heterocycles. The van der Waals surface area contributed by atoms with E-state index in [1.165, 1.54) is 6.07 Å². The number of ketones is 1. The van der Waals surface area contributed by atoms with Gasteiger partial charge in [0.1, 0.15) is 5.82 Å². The maximum atomic E-state index is 13.7.